The highest BCUT2D eigenvalue weighted by Gasteiger charge is 2.00. The Balaban J connectivity index is 1.75. The molecule has 2 heteroatoms. The van der Waals surface area contributed by atoms with Crippen LogP contribution in [0, 0.1) is 0 Å². The second kappa shape index (κ2) is 7.17. The molecule has 1 aromatic carbocycles. The third-order valence-corrected chi connectivity index (χ3v) is 4.77. The van der Waals surface area contributed by atoms with Crippen molar-refractivity contribution >= 4 is 37.4 Å². The van der Waals surface area contributed by atoms with Gasteiger partial charge in [0.1, 0.15) is 0 Å². The highest BCUT2D eigenvalue weighted by molar-refractivity contribution is 9.09. The molecule has 1 heterocycles. The SMILES string of the molecule is BrCCCCCCCc1cc2ccccc2s1. The fourth-order valence-corrected chi connectivity index (χ4v) is 3.59. The molecule has 0 saturated carbocycles. The molecule has 2 aromatic rings. The largest absolute Gasteiger partial charge is 0.140 e. The lowest BCUT2D eigenvalue weighted by Crippen LogP contribution is -1.83. The van der Waals surface area contributed by atoms with E-state index in [0.29, 0.717) is 0 Å². The summed E-state index contributed by atoms with van der Waals surface area (Å²) in [5, 5.41) is 2.57. The standard InChI is InChI=1S/C15H19BrS/c16-11-7-3-1-2-4-9-14-12-13-8-5-6-10-15(13)17-14/h5-6,8,10,12H,1-4,7,9,11H2. The number of thiophene rings is 1. The summed E-state index contributed by atoms with van der Waals surface area (Å²) in [5.41, 5.74) is 0. The first-order chi connectivity index (χ1) is 8.40. The Morgan fingerprint density at radius 2 is 1.71 bits per heavy atom. The van der Waals surface area contributed by atoms with Gasteiger partial charge in [0.2, 0.25) is 0 Å². The van der Waals surface area contributed by atoms with Crippen molar-refractivity contribution in [3.63, 3.8) is 0 Å². The van der Waals surface area contributed by atoms with Gasteiger partial charge in [-0.1, -0.05) is 53.4 Å². The Kier molecular flexibility index (Phi) is 5.53. The number of aryl methyl sites for hydroxylation is 1. The summed E-state index contributed by atoms with van der Waals surface area (Å²) in [6.07, 6.45) is 8.06. The molecule has 0 aliphatic carbocycles. The van der Waals surface area contributed by atoms with E-state index in [1.807, 2.05) is 11.3 Å². The molecule has 0 amide bonds. The van der Waals surface area contributed by atoms with Crippen LogP contribution in [0.4, 0.5) is 0 Å². The van der Waals surface area contributed by atoms with Crippen LogP contribution in [-0.2, 0) is 6.42 Å². The quantitative estimate of drug-likeness (QED) is 0.448. The molecule has 2 rings (SSSR count). The maximum Gasteiger partial charge on any atom is 0.0345 e. The third kappa shape index (κ3) is 4.11. The zero-order valence-corrected chi connectivity index (χ0v) is 12.5. The van der Waals surface area contributed by atoms with Gasteiger partial charge in [0.25, 0.3) is 0 Å². The summed E-state index contributed by atoms with van der Waals surface area (Å²) in [6, 6.07) is 11.0. The molecule has 0 fully saturated rings. The molecule has 0 bridgehead atoms. The predicted octanol–water partition coefficient (Wildman–Crippen LogP) is 5.79. The van der Waals surface area contributed by atoms with Crippen molar-refractivity contribution in [2.24, 2.45) is 0 Å². The minimum atomic E-state index is 1.16. The van der Waals surface area contributed by atoms with Gasteiger partial charge in [-0.15, -0.1) is 11.3 Å². The number of hydrogen-bond donors (Lipinski definition) is 0. The second-order valence-corrected chi connectivity index (χ2v) is 6.42. The molecule has 0 nitrogen and oxygen atoms in total. The lowest BCUT2D eigenvalue weighted by Gasteiger charge is -1.98. The van der Waals surface area contributed by atoms with Gasteiger partial charge in [-0.25, -0.2) is 0 Å². The number of benzene rings is 1. The lowest BCUT2D eigenvalue weighted by atomic mass is 10.1. The number of alkyl halides is 1. The van der Waals surface area contributed by atoms with E-state index in [1.54, 1.807) is 4.88 Å². The minimum Gasteiger partial charge on any atom is -0.140 e. The van der Waals surface area contributed by atoms with E-state index in [1.165, 1.54) is 48.6 Å². The average Bonchev–Trinajstić information content (AvgIpc) is 2.76. The van der Waals surface area contributed by atoms with Crippen LogP contribution < -0.4 is 0 Å². The Morgan fingerprint density at radius 1 is 0.941 bits per heavy atom. The average molecular weight is 311 g/mol. The van der Waals surface area contributed by atoms with Crippen molar-refractivity contribution < 1.29 is 0 Å². The molecule has 92 valence electrons. The van der Waals surface area contributed by atoms with E-state index in [9.17, 15) is 0 Å². The smallest absolute Gasteiger partial charge is 0.0345 e. The number of halogens is 1. The Morgan fingerprint density at radius 3 is 2.53 bits per heavy atom. The molecule has 1 aromatic heterocycles. The summed E-state index contributed by atoms with van der Waals surface area (Å²) in [5.74, 6) is 0. The summed E-state index contributed by atoms with van der Waals surface area (Å²) in [7, 11) is 0. The van der Waals surface area contributed by atoms with E-state index in [0.717, 1.165) is 5.33 Å². The van der Waals surface area contributed by atoms with E-state index in [-0.39, 0.29) is 0 Å². The molecule has 0 saturated heterocycles. The maximum atomic E-state index is 3.48. The highest BCUT2D eigenvalue weighted by Crippen LogP contribution is 2.26. The van der Waals surface area contributed by atoms with E-state index in [2.05, 4.69) is 46.3 Å². The van der Waals surface area contributed by atoms with Crippen LogP contribution in [0.1, 0.15) is 37.0 Å². The Bertz CT molecular complexity index is 414. The fourth-order valence-electron chi connectivity index (χ4n) is 2.08. The van der Waals surface area contributed by atoms with Gasteiger partial charge in [0, 0.05) is 14.9 Å². The van der Waals surface area contributed by atoms with Crippen molar-refractivity contribution in [1.29, 1.82) is 0 Å². The molecule has 0 aliphatic heterocycles. The Hall–Kier alpha value is -0.340. The van der Waals surface area contributed by atoms with Gasteiger partial charge in [0.05, 0.1) is 0 Å². The topological polar surface area (TPSA) is 0 Å². The highest BCUT2D eigenvalue weighted by atomic mass is 79.9. The molecular weight excluding hydrogens is 292 g/mol. The zero-order chi connectivity index (χ0) is 11.9. The number of unbranched alkanes of at least 4 members (excludes halogenated alkanes) is 4. The van der Waals surface area contributed by atoms with Gasteiger partial charge >= 0.3 is 0 Å². The van der Waals surface area contributed by atoms with Crippen LogP contribution in [0.25, 0.3) is 10.1 Å². The molecule has 0 N–H and O–H groups in total. The van der Waals surface area contributed by atoms with Crippen LogP contribution in [0.2, 0.25) is 0 Å². The normalized spacial score (nSPS) is 11.1. The van der Waals surface area contributed by atoms with E-state index in [4.69, 9.17) is 0 Å². The van der Waals surface area contributed by atoms with Crippen LogP contribution in [0.15, 0.2) is 30.3 Å². The van der Waals surface area contributed by atoms with Crippen molar-refractivity contribution in [3.8, 4) is 0 Å². The van der Waals surface area contributed by atoms with Crippen LogP contribution in [-0.4, -0.2) is 5.33 Å². The lowest BCUT2D eigenvalue weighted by molar-refractivity contribution is 0.638. The van der Waals surface area contributed by atoms with Crippen LogP contribution in [0.3, 0.4) is 0 Å². The molecule has 0 radical (unpaired) electrons. The molecular formula is C15H19BrS. The molecule has 0 spiro atoms. The van der Waals surface area contributed by atoms with Gasteiger partial charge in [-0.2, -0.15) is 0 Å². The van der Waals surface area contributed by atoms with Gasteiger partial charge < -0.3 is 0 Å². The van der Waals surface area contributed by atoms with Gasteiger partial charge in [-0.05, 0) is 36.8 Å². The number of fused-ring (bicyclic) bond motifs is 1. The summed E-state index contributed by atoms with van der Waals surface area (Å²) in [6.45, 7) is 0. The molecule has 0 atom stereocenters. The van der Waals surface area contributed by atoms with Crippen molar-refractivity contribution in [2.45, 2.75) is 38.5 Å². The Labute approximate surface area is 116 Å². The first-order valence-corrected chi connectivity index (χ1v) is 8.37. The molecule has 0 unspecified atom stereocenters. The number of rotatable bonds is 7. The number of hydrogen-bond acceptors (Lipinski definition) is 1. The third-order valence-electron chi connectivity index (χ3n) is 3.03. The van der Waals surface area contributed by atoms with Crippen molar-refractivity contribution in [3.05, 3.63) is 35.2 Å². The summed E-state index contributed by atoms with van der Waals surface area (Å²) in [4.78, 5) is 1.55. The van der Waals surface area contributed by atoms with Crippen LogP contribution in [0.5, 0.6) is 0 Å². The summed E-state index contributed by atoms with van der Waals surface area (Å²) >= 11 is 5.43. The zero-order valence-electron chi connectivity index (χ0n) is 10.1. The maximum absolute atomic E-state index is 3.48. The molecule has 17 heavy (non-hydrogen) atoms. The van der Waals surface area contributed by atoms with E-state index < -0.39 is 0 Å². The molecule has 0 aliphatic rings. The van der Waals surface area contributed by atoms with Crippen molar-refractivity contribution in [1.82, 2.24) is 0 Å². The first kappa shape index (κ1) is 13.1. The van der Waals surface area contributed by atoms with Gasteiger partial charge in [-0.3, -0.25) is 0 Å². The summed E-state index contributed by atoms with van der Waals surface area (Å²) < 4.78 is 1.43. The monoisotopic (exact) mass is 310 g/mol. The predicted molar refractivity (Wildman–Crippen MR) is 82.4 cm³/mol. The van der Waals surface area contributed by atoms with Gasteiger partial charge in [0.15, 0.2) is 0 Å². The van der Waals surface area contributed by atoms with E-state index >= 15 is 0 Å². The fraction of sp³-hybridized carbons (Fsp3) is 0.467. The second-order valence-electron chi connectivity index (χ2n) is 4.46. The van der Waals surface area contributed by atoms with Crippen LogP contribution >= 0.6 is 27.3 Å². The van der Waals surface area contributed by atoms with Crippen molar-refractivity contribution in [2.75, 3.05) is 5.33 Å². The first-order valence-electron chi connectivity index (χ1n) is 6.43. The minimum absolute atomic E-state index is 1.16.